The van der Waals surface area contributed by atoms with E-state index < -0.39 is 6.95 Å². The lowest BCUT2D eigenvalue weighted by Gasteiger charge is -2.17. The van der Waals surface area contributed by atoms with E-state index >= 15 is 0 Å². The Balaban J connectivity index is 1.88. The molecular weight excluding hydrogens is 355 g/mol. The molecule has 0 radical (unpaired) electrons. The number of halogens is 1. The van der Waals surface area contributed by atoms with Crippen molar-refractivity contribution in [3.8, 4) is 22.6 Å². The topological polar surface area (TPSA) is 35.5 Å². The molecule has 0 bridgehead atoms. The molecule has 0 N–H and O–H groups in total. The maximum Gasteiger partial charge on any atom is 0.530 e. The van der Waals surface area contributed by atoms with Gasteiger partial charge in [0, 0.05) is 16.8 Å². The van der Waals surface area contributed by atoms with Crippen LogP contribution in [0.2, 0.25) is 0 Å². The Kier molecular flexibility index (Phi) is 5.17. The number of rotatable bonds is 5. The van der Waals surface area contributed by atoms with Crippen LogP contribution in [0.15, 0.2) is 72.8 Å². The SMILES string of the molecule is Cc1ccc(OP(=O)(Cl)Oc2ccccc2-c2ccccc2)c(C)c1. The number of aryl methyl sites for hydroxylation is 2. The van der Waals surface area contributed by atoms with Crippen molar-refractivity contribution in [3.05, 3.63) is 83.9 Å². The molecule has 3 nitrogen and oxygen atoms in total. The second-order valence-corrected chi connectivity index (χ2v) is 8.21. The van der Waals surface area contributed by atoms with E-state index in [4.69, 9.17) is 20.3 Å². The molecule has 0 aliphatic heterocycles. The molecule has 3 rings (SSSR count). The molecule has 3 aromatic rings. The third kappa shape index (κ3) is 4.45. The molecule has 0 heterocycles. The van der Waals surface area contributed by atoms with Crippen LogP contribution in [-0.4, -0.2) is 0 Å². The zero-order chi connectivity index (χ0) is 17.9. The van der Waals surface area contributed by atoms with Gasteiger partial charge >= 0.3 is 6.95 Å². The van der Waals surface area contributed by atoms with Gasteiger partial charge in [-0.25, -0.2) is 4.57 Å². The summed E-state index contributed by atoms with van der Waals surface area (Å²) in [4.78, 5) is 0. The van der Waals surface area contributed by atoms with E-state index in [2.05, 4.69) is 0 Å². The van der Waals surface area contributed by atoms with Crippen LogP contribution in [0.1, 0.15) is 11.1 Å². The fourth-order valence-electron chi connectivity index (χ4n) is 2.56. The molecule has 0 aliphatic rings. The molecule has 25 heavy (non-hydrogen) atoms. The summed E-state index contributed by atoms with van der Waals surface area (Å²) in [7, 11) is 0. The molecule has 3 aromatic carbocycles. The smallest absolute Gasteiger partial charge is 0.404 e. The number of para-hydroxylation sites is 1. The van der Waals surface area contributed by atoms with Crippen molar-refractivity contribution in [1.82, 2.24) is 0 Å². The Morgan fingerprint density at radius 2 is 1.44 bits per heavy atom. The van der Waals surface area contributed by atoms with Gasteiger partial charge in [-0.15, -0.1) is 0 Å². The Morgan fingerprint density at radius 3 is 2.16 bits per heavy atom. The molecule has 1 atom stereocenters. The lowest BCUT2D eigenvalue weighted by Crippen LogP contribution is -1.98. The minimum Gasteiger partial charge on any atom is -0.404 e. The molecule has 5 heteroatoms. The maximum absolute atomic E-state index is 12.7. The first-order valence-corrected chi connectivity index (χ1v) is 10.3. The van der Waals surface area contributed by atoms with Crippen LogP contribution in [-0.2, 0) is 4.57 Å². The minimum atomic E-state index is -3.85. The van der Waals surface area contributed by atoms with Gasteiger partial charge in [-0.2, -0.15) is 0 Å². The lowest BCUT2D eigenvalue weighted by molar-refractivity contribution is 0.406. The van der Waals surface area contributed by atoms with Crippen molar-refractivity contribution in [3.63, 3.8) is 0 Å². The summed E-state index contributed by atoms with van der Waals surface area (Å²) in [6, 6.07) is 22.5. The highest BCUT2D eigenvalue weighted by Gasteiger charge is 2.27. The van der Waals surface area contributed by atoms with Crippen LogP contribution in [0.5, 0.6) is 11.5 Å². The van der Waals surface area contributed by atoms with Crippen LogP contribution in [0.4, 0.5) is 0 Å². The lowest BCUT2D eigenvalue weighted by atomic mass is 10.1. The van der Waals surface area contributed by atoms with Crippen LogP contribution in [0.25, 0.3) is 11.1 Å². The molecular formula is C20H18ClO3P. The number of hydrogen-bond acceptors (Lipinski definition) is 3. The van der Waals surface area contributed by atoms with Gasteiger partial charge in [0.1, 0.15) is 11.5 Å². The third-order valence-corrected chi connectivity index (χ3v) is 4.96. The Bertz CT molecular complexity index is 925. The molecule has 0 aromatic heterocycles. The van der Waals surface area contributed by atoms with Gasteiger partial charge in [0.2, 0.25) is 0 Å². The van der Waals surface area contributed by atoms with Gasteiger partial charge in [-0.1, -0.05) is 66.2 Å². The maximum atomic E-state index is 12.7. The second kappa shape index (κ2) is 7.35. The summed E-state index contributed by atoms with van der Waals surface area (Å²) in [6.45, 7) is -0.00553. The first kappa shape index (κ1) is 17.6. The summed E-state index contributed by atoms with van der Waals surface area (Å²) >= 11 is 6.09. The van der Waals surface area contributed by atoms with E-state index in [9.17, 15) is 4.57 Å². The minimum absolute atomic E-state index is 0.414. The summed E-state index contributed by atoms with van der Waals surface area (Å²) in [5, 5.41) is 0. The number of hydrogen-bond donors (Lipinski definition) is 0. The largest absolute Gasteiger partial charge is 0.530 e. The predicted molar refractivity (Wildman–Crippen MR) is 103 cm³/mol. The molecule has 0 aliphatic carbocycles. The van der Waals surface area contributed by atoms with Crippen molar-refractivity contribution in [2.75, 3.05) is 0 Å². The second-order valence-electron chi connectivity index (χ2n) is 5.74. The van der Waals surface area contributed by atoms with Crippen LogP contribution >= 0.6 is 18.2 Å². The van der Waals surface area contributed by atoms with Gasteiger partial charge in [-0.05, 0) is 37.1 Å². The van der Waals surface area contributed by atoms with E-state index in [1.807, 2.05) is 68.4 Å². The summed E-state index contributed by atoms with van der Waals surface area (Å²) in [5.41, 5.74) is 3.68. The van der Waals surface area contributed by atoms with Gasteiger partial charge in [-0.3, -0.25) is 0 Å². The summed E-state index contributed by atoms with van der Waals surface area (Å²) in [5.74, 6) is 0.859. The molecule has 0 spiro atoms. The average molecular weight is 373 g/mol. The Morgan fingerprint density at radius 1 is 0.800 bits per heavy atom. The molecule has 0 saturated carbocycles. The first-order chi connectivity index (χ1) is 11.9. The zero-order valence-corrected chi connectivity index (χ0v) is 15.6. The number of benzene rings is 3. The van der Waals surface area contributed by atoms with Crippen LogP contribution in [0.3, 0.4) is 0 Å². The fraction of sp³-hybridized carbons (Fsp3) is 0.100. The molecule has 128 valence electrons. The highest BCUT2D eigenvalue weighted by atomic mass is 35.7. The van der Waals surface area contributed by atoms with Gasteiger partial charge in [0.05, 0.1) is 0 Å². The Hall–Kier alpha value is -2.22. The Labute approximate surface area is 152 Å². The standard InChI is InChI=1S/C20H18ClO3P/c1-15-12-13-19(16(2)14-15)23-25(21,22)24-20-11-7-6-10-18(20)17-8-4-3-5-9-17/h3-14H,1-2H3. The van der Waals surface area contributed by atoms with Crippen molar-refractivity contribution in [1.29, 1.82) is 0 Å². The summed E-state index contributed by atoms with van der Waals surface area (Å²) in [6.07, 6.45) is 0. The highest BCUT2D eigenvalue weighted by molar-refractivity contribution is 7.82. The van der Waals surface area contributed by atoms with Crippen molar-refractivity contribution < 1.29 is 13.6 Å². The molecule has 0 saturated heterocycles. The average Bonchev–Trinajstić information content (AvgIpc) is 2.58. The third-order valence-electron chi connectivity index (χ3n) is 3.72. The summed E-state index contributed by atoms with van der Waals surface area (Å²) < 4.78 is 23.8. The van der Waals surface area contributed by atoms with Crippen molar-refractivity contribution >= 4 is 18.2 Å². The van der Waals surface area contributed by atoms with E-state index in [0.29, 0.717) is 11.5 Å². The van der Waals surface area contributed by atoms with Gasteiger partial charge in [0.25, 0.3) is 0 Å². The van der Waals surface area contributed by atoms with Crippen molar-refractivity contribution in [2.45, 2.75) is 13.8 Å². The predicted octanol–water partition coefficient (Wildman–Crippen LogP) is 6.78. The van der Waals surface area contributed by atoms with E-state index in [1.54, 1.807) is 18.2 Å². The van der Waals surface area contributed by atoms with Crippen LogP contribution in [0, 0.1) is 13.8 Å². The fourth-order valence-corrected chi connectivity index (χ4v) is 3.88. The van der Waals surface area contributed by atoms with Gasteiger partial charge < -0.3 is 9.05 Å². The van der Waals surface area contributed by atoms with Crippen LogP contribution < -0.4 is 9.05 Å². The molecule has 0 fully saturated rings. The van der Waals surface area contributed by atoms with Gasteiger partial charge in [0.15, 0.2) is 0 Å². The monoisotopic (exact) mass is 372 g/mol. The highest BCUT2D eigenvalue weighted by Crippen LogP contribution is 2.55. The van der Waals surface area contributed by atoms with E-state index in [-0.39, 0.29) is 0 Å². The first-order valence-electron chi connectivity index (χ1n) is 7.85. The molecule has 1 unspecified atom stereocenters. The zero-order valence-electron chi connectivity index (χ0n) is 14.0. The van der Waals surface area contributed by atoms with E-state index in [0.717, 1.165) is 22.3 Å². The normalized spacial score (nSPS) is 13.1. The van der Waals surface area contributed by atoms with Crippen molar-refractivity contribution in [2.24, 2.45) is 0 Å². The van der Waals surface area contributed by atoms with E-state index in [1.165, 1.54) is 0 Å². The quantitative estimate of drug-likeness (QED) is 0.463. The molecule has 0 amide bonds.